The van der Waals surface area contributed by atoms with Crippen molar-refractivity contribution in [3.8, 4) is 0 Å². The van der Waals surface area contributed by atoms with Crippen molar-refractivity contribution in [2.75, 3.05) is 19.6 Å². The molecule has 0 aromatic rings. The maximum Gasteiger partial charge on any atom is 0.226 e. The molecule has 1 amide bonds. The Morgan fingerprint density at radius 2 is 1.79 bits per heavy atom. The molecule has 2 fully saturated rings. The van der Waals surface area contributed by atoms with Crippen molar-refractivity contribution in [3.05, 3.63) is 0 Å². The highest BCUT2D eigenvalue weighted by Gasteiger charge is 2.35. The molecule has 0 spiro atoms. The zero-order chi connectivity index (χ0) is 13.1. The van der Waals surface area contributed by atoms with E-state index >= 15 is 0 Å². The number of hydrogen-bond acceptors (Lipinski definition) is 2. The summed E-state index contributed by atoms with van der Waals surface area (Å²) in [4.78, 5) is 14.9. The monoisotopic (exact) mass is 288 g/mol. The molecule has 0 aromatic carbocycles. The van der Waals surface area contributed by atoms with Gasteiger partial charge in [0.05, 0.1) is 0 Å². The van der Waals surface area contributed by atoms with Gasteiger partial charge in [-0.15, -0.1) is 12.4 Å². The Morgan fingerprint density at radius 3 is 2.21 bits per heavy atom. The van der Waals surface area contributed by atoms with Crippen LogP contribution in [0.2, 0.25) is 0 Å². The van der Waals surface area contributed by atoms with Gasteiger partial charge in [0.2, 0.25) is 5.91 Å². The lowest BCUT2D eigenvalue weighted by Gasteiger charge is -2.38. The molecule has 1 aliphatic heterocycles. The van der Waals surface area contributed by atoms with Crippen LogP contribution in [0.5, 0.6) is 0 Å². The van der Waals surface area contributed by atoms with Gasteiger partial charge in [-0.05, 0) is 37.8 Å². The molecular weight excluding hydrogens is 260 g/mol. The van der Waals surface area contributed by atoms with Gasteiger partial charge in [-0.25, -0.2) is 0 Å². The van der Waals surface area contributed by atoms with Gasteiger partial charge in [-0.1, -0.05) is 33.6 Å². The van der Waals surface area contributed by atoms with Gasteiger partial charge >= 0.3 is 0 Å². The molecule has 0 aromatic heterocycles. The average Bonchev–Trinajstić information content (AvgIpc) is 2.75. The van der Waals surface area contributed by atoms with Gasteiger partial charge in [0.25, 0.3) is 0 Å². The number of halogens is 1. The number of rotatable bonds is 5. The van der Waals surface area contributed by atoms with Crippen molar-refractivity contribution in [2.45, 2.75) is 52.5 Å². The molecule has 1 saturated carbocycles. The standard InChI is InChI=1S/C15H28N2O.ClH/c1-11(2)10-17(14-6-4-5-7-14)15(18)12(3)13-8-16-9-13;/h11-14,16H,4-10H2,1-3H3;1H. The summed E-state index contributed by atoms with van der Waals surface area (Å²) in [5.74, 6) is 1.74. The SMILES string of the molecule is CC(C)CN(C(=O)C(C)C1CNC1)C1CCCC1.Cl. The van der Waals surface area contributed by atoms with E-state index in [1.807, 2.05) is 0 Å². The summed E-state index contributed by atoms with van der Waals surface area (Å²) in [6, 6.07) is 0.524. The molecular formula is C15H29ClN2O. The van der Waals surface area contributed by atoms with Crippen LogP contribution in [-0.2, 0) is 4.79 Å². The van der Waals surface area contributed by atoms with Crippen LogP contribution in [0, 0.1) is 17.8 Å². The lowest BCUT2D eigenvalue weighted by atomic mass is 9.87. The molecule has 112 valence electrons. The van der Waals surface area contributed by atoms with Gasteiger partial charge in [-0.3, -0.25) is 4.79 Å². The second-order valence-corrected chi connectivity index (χ2v) is 6.53. The first-order chi connectivity index (χ1) is 8.59. The number of carbonyl (C=O) groups is 1. The van der Waals surface area contributed by atoms with E-state index in [0.29, 0.717) is 23.8 Å². The highest BCUT2D eigenvalue weighted by molar-refractivity contribution is 5.85. The summed E-state index contributed by atoms with van der Waals surface area (Å²) < 4.78 is 0. The van der Waals surface area contributed by atoms with Gasteiger partial charge in [0.1, 0.15) is 0 Å². The third-order valence-corrected chi connectivity index (χ3v) is 4.52. The summed E-state index contributed by atoms with van der Waals surface area (Å²) in [5.41, 5.74) is 0. The first-order valence-electron chi connectivity index (χ1n) is 7.60. The fourth-order valence-corrected chi connectivity index (χ4v) is 3.16. The summed E-state index contributed by atoms with van der Waals surface area (Å²) in [6.07, 6.45) is 5.03. The molecule has 1 atom stereocenters. The Balaban J connectivity index is 0.00000180. The summed E-state index contributed by atoms with van der Waals surface area (Å²) in [6.45, 7) is 9.53. The fraction of sp³-hybridized carbons (Fsp3) is 0.933. The van der Waals surface area contributed by atoms with E-state index in [9.17, 15) is 4.79 Å². The van der Waals surface area contributed by atoms with Crippen molar-refractivity contribution in [3.63, 3.8) is 0 Å². The van der Waals surface area contributed by atoms with Crippen molar-refractivity contribution >= 4 is 18.3 Å². The minimum atomic E-state index is 0. The van der Waals surface area contributed by atoms with Crippen LogP contribution in [0.3, 0.4) is 0 Å². The van der Waals surface area contributed by atoms with Crippen LogP contribution in [0.1, 0.15) is 46.5 Å². The van der Waals surface area contributed by atoms with Gasteiger partial charge < -0.3 is 10.2 Å². The molecule has 1 aliphatic carbocycles. The van der Waals surface area contributed by atoms with E-state index < -0.39 is 0 Å². The maximum atomic E-state index is 12.7. The highest BCUT2D eigenvalue weighted by Crippen LogP contribution is 2.27. The fourth-order valence-electron chi connectivity index (χ4n) is 3.16. The van der Waals surface area contributed by atoms with Crippen molar-refractivity contribution in [2.24, 2.45) is 17.8 Å². The second kappa shape index (κ2) is 7.49. The molecule has 2 rings (SSSR count). The first-order valence-corrected chi connectivity index (χ1v) is 7.60. The summed E-state index contributed by atoms with van der Waals surface area (Å²) in [7, 11) is 0. The average molecular weight is 289 g/mol. The largest absolute Gasteiger partial charge is 0.339 e. The first kappa shape index (κ1) is 16.8. The Labute approximate surface area is 123 Å². The molecule has 0 radical (unpaired) electrons. The van der Waals surface area contributed by atoms with Crippen LogP contribution in [0.25, 0.3) is 0 Å². The normalized spacial score (nSPS) is 21.9. The predicted molar refractivity (Wildman–Crippen MR) is 81.6 cm³/mol. The van der Waals surface area contributed by atoms with Gasteiger partial charge in [-0.2, -0.15) is 0 Å². The third kappa shape index (κ3) is 4.09. The minimum absolute atomic E-state index is 0. The predicted octanol–water partition coefficient (Wildman–Crippen LogP) is 2.69. The molecule has 1 saturated heterocycles. The summed E-state index contributed by atoms with van der Waals surface area (Å²) in [5, 5.41) is 3.28. The zero-order valence-electron chi connectivity index (χ0n) is 12.5. The van der Waals surface area contributed by atoms with Crippen LogP contribution in [0.4, 0.5) is 0 Å². The lowest BCUT2D eigenvalue weighted by Crippen LogP contribution is -2.52. The Morgan fingerprint density at radius 1 is 1.21 bits per heavy atom. The minimum Gasteiger partial charge on any atom is -0.339 e. The highest BCUT2D eigenvalue weighted by atomic mass is 35.5. The summed E-state index contributed by atoms with van der Waals surface area (Å²) >= 11 is 0. The quantitative estimate of drug-likeness (QED) is 0.844. The molecule has 19 heavy (non-hydrogen) atoms. The van der Waals surface area contributed by atoms with Crippen molar-refractivity contribution < 1.29 is 4.79 Å². The topological polar surface area (TPSA) is 32.3 Å². The third-order valence-electron chi connectivity index (χ3n) is 4.52. The number of carbonyl (C=O) groups excluding carboxylic acids is 1. The van der Waals surface area contributed by atoms with Crippen molar-refractivity contribution in [1.82, 2.24) is 10.2 Å². The van der Waals surface area contributed by atoms with E-state index in [2.05, 4.69) is 31.0 Å². The van der Waals surface area contributed by atoms with E-state index in [-0.39, 0.29) is 18.3 Å². The number of amides is 1. The lowest BCUT2D eigenvalue weighted by molar-refractivity contribution is -0.140. The molecule has 2 aliphatic rings. The van der Waals surface area contributed by atoms with E-state index in [1.165, 1.54) is 25.7 Å². The smallest absolute Gasteiger partial charge is 0.226 e. The Kier molecular flexibility index (Phi) is 6.61. The van der Waals surface area contributed by atoms with Crippen LogP contribution in [0.15, 0.2) is 0 Å². The molecule has 1 heterocycles. The maximum absolute atomic E-state index is 12.7. The van der Waals surface area contributed by atoms with Crippen molar-refractivity contribution in [1.29, 1.82) is 0 Å². The number of hydrogen-bond donors (Lipinski definition) is 1. The zero-order valence-corrected chi connectivity index (χ0v) is 13.3. The van der Waals surface area contributed by atoms with Gasteiger partial charge in [0, 0.05) is 18.5 Å². The van der Waals surface area contributed by atoms with Crippen LogP contribution in [-0.4, -0.2) is 36.5 Å². The Bertz CT molecular complexity index is 286. The van der Waals surface area contributed by atoms with Crippen LogP contribution >= 0.6 is 12.4 Å². The molecule has 3 nitrogen and oxygen atoms in total. The van der Waals surface area contributed by atoms with E-state index in [4.69, 9.17) is 0 Å². The molecule has 4 heteroatoms. The molecule has 1 unspecified atom stereocenters. The second-order valence-electron chi connectivity index (χ2n) is 6.53. The van der Waals surface area contributed by atoms with Crippen LogP contribution < -0.4 is 5.32 Å². The Hall–Kier alpha value is -0.280. The number of nitrogens with one attached hydrogen (secondary N) is 1. The van der Waals surface area contributed by atoms with E-state index in [0.717, 1.165) is 19.6 Å². The van der Waals surface area contributed by atoms with E-state index in [1.54, 1.807) is 0 Å². The molecule has 1 N–H and O–H groups in total. The molecule has 0 bridgehead atoms. The van der Waals surface area contributed by atoms with Gasteiger partial charge in [0.15, 0.2) is 0 Å². The number of nitrogens with zero attached hydrogens (tertiary/aromatic N) is 1.